The second kappa shape index (κ2) is 11.3. The van der Waals surface area contributed by atoms with Crippen LogP contribution < -0.4 is 4.90 Å². The number of hydrogen-bond donors (Lipinski definition) is 0. The van der Waals surface area contributed by atoms with Crippen LogP contribution >= 0.6 is 0 Å². The Balaban J connectivity index is 0.000000541. The van der Waals surface area contributed by atoms with E-state index >= 15 is 0 Å². The van der Waals surface area contributed by atoms with Gasteiger partial charge in [0.05, 0.1) is 5.41 Å². The van der Waals surface area contributed by atoms with E-state index in [1.807, 2.05) is 0 Å². The van der Waals surface area contributed by atoms with Gasteiger partial charge in [0.25, 0.3) is 0 Å². The summed E-state index contributed by atoms with van der Waals surface area (Å²) in [5, 5.41) is 2.65. The Morgan fingerprint density at radius 1 is 0.744 bits per heavy atom. The molecule has 9 heteroatoms. The zero-order valence-corrected chi connectivity index (χ0v) is 27.5. The van der Waals surface area contributed by atoms with Gasteiger partial charge in [-0.05, 0) is 75.2 Å². The van der Waals surface area contributed by atoms with E-state index in [1.165, 1.54) is 50.1 Å². The van der Waals surface area contributed by atoms with Crippen LogP contribution in [0, 0.1) is 6.92 Å². The molecule has 0 saturated carbocycles. The molecule has 0 aliphatic carbocycles. The first-order valence-electron chi connectivity index (χ1n) is 14.2. The van der Waals surface area contributed by atoms with Gasteiger partial charge in [-0.2, -0.15) is 4.58 Å². The third kappa shape index (κ3) is 8.66. The Hall–Kier alpha value is -3.25. The third-order valence-electron chi connectivity index (χ3n) is 7.67. The quantitative estimate of drug-likeness (QED) is 0.105. The van der Waals surface area contributed by atoms with Crippen LogP contribution in [0.25, 0.3) is 16.8 Å². The van der Waals surface area contributed by atoms with E-state index in [4.69, 9.17) is 0 Å². The predicted molar refractivity (Wildman–Crippen MR) is 168 cm³/mol. The molecule has 0 unspecified atom stereocenters. The van der Waals surface area contributed by atoms with Crippen molar-refractivity contribution in [2.75, 3.05) is 18.0 Å². The van der Waals surface area contributed by atoms with Crippen molar-refractivity contribution in [3.05, 3.63) is 113 Å². The Morgan fingerprint density at radius 3 is 1.91 bits per heavy atom. The summed E-state index contributed by atoms with van der Waals surface area (Å²) in [6.07, 6.45) is 4.62. The van der Waals surface area contributed by atoms with E-state index in [0.29, 0.717) is 0 Å². The van der Waals surface area contributed by atoms with Gasteiger partial charge in [0.15, 0.2) is 12.3 Å². The fraction of sp³-hybridized carbons (Fsp3) is 0.265. The molecule has 4 aromatic carbocycles. The Labute approximate surface area is 251 Å². The van der Waals surface area contributed by atoms with Crippen LogP contribution in [-0.2, 0) is 12.0 Å². The number of hydrogen-bond acceptors (Lipinski definition) is 1. The van der Waals surface area contributed by atoms with Gasteiger partial charge in [-0.25, -0.2) is 0 Å². The molecule has 0 aromatic heterocycles. The zero-order valence-electron chi connectivity index (χ0n) is 25.0. The van der Waals surface area contributed by atoms with E-state index in [0.717, 1.165) is 19.6 Å². The first-order valence-corrected chi connectivity index (χ1v) is 20.0. The fourth-order valence-electron chi connectivity index (χ4n) is 5.64. The number of nitrogens with zero attached hydrogens (tertiary/aromatic N) is 2. The van der Waals surface area contributed by atoms with Gasteiger partial charge < -0.3 is 4.90 Å². The van der Waals surface area contributed by atoms with Gasteiger partial charge in [-0.15, -0.1) is 0 Å². The van der Waals surface area contributed by atoms with Gasteiger partial charge in [0.2, 0.25) is 5.69 Å². The van der Waals surface area contributed by atoms with Crippen molar-refractivity contribution in [3.8, 4) is 0 Å². The molecule has 0 spiro atoms. The van der Waals surface area contributed by atoms with Crippen LogP contribution in [0.1, 0.15) is 49.9 Å². The summed E-state index contributed by atoms with van der Waals surface area (Å²) in [7, 11) is 0. The van der Waals surface area contributed by atoms with Crippen molar-refractivity contribution in [1.29, 1.82) is 0 Å². The van der Waals surface area contributed by atoms with E-state index in [9.17, 15) is 16.9 Å². The zero-order chi connectivity index (χ0) is 31.7. The average molecular weight is 709 g/mol. The van der Waals surface area contributed by atoms with Gasteiger partial charge in [0.1, 0.15) is 0 Å². The second-order valence-electron chi connectivity index (χ2n) is 11.3. The molecule has 0 saturated heterocycles. The Morgan fingerprint density at radius 2 is 1.33 bits per heavy atom. The van der Waals surface area contributed by atoms with E-state index in [1.54, 1.807) is 0 Å². The predicted octanol–water partition coefficient (Wildman–Crippen LogP) is 10.4. The van der Waals surface area contributed by atoms with Crippen LogP contribution in [0.15, 0.2) is 91.0 Å². The number of anilines is 1. The number of rotatable bonds is 7. The summed E-state index contributed by atoms with van der Waals surface area (Å²) in [4.78, 5) is 2.38. The molecule has 5 rings (SSSR count). The van der Waals surface area contributed by atoms with Crippen molar-refractivity contribution in [3.63, 3.8) is 0 Å². The minimum atomic E-state index is -11.2. The summed E-state index contributed by atoms with van der Waals surface area (Å²) >= 11 is -11.2. The number of benzene rings is 4. The Bertz CT molecular complexity index is 1660. The minimum absolute atomic E-state index is 0.113. The van der Waals surface area contributed by atoms with Crippen molar-refractivity contribution < 1.29 is 21.5 Å². The maximum absolute atomic E-state index is 11.2. The molecule has 0 amide bonds. The molecular weight excluding hydrogens is 672 g/mol. The maximum atomic E-state index is 9.93. The second-order valence-corrected chi connectivity index (χ2v) is 16.8. The molecule has 1 aliphatic heterocycles. The first kappa shape index (κ1) is 32.7. The van der Waals surface area contributed by atoms with Crippen molar-refractivity contribution in [1.82, 2.24) is 0 Å². The SMILES string of the molecule is CCN(CC)c1ccc(/C=C/C2=[N+](Cc3ccc(C)cc3)c3ccc4ccccc4c3C2(C)C)cc1.[F][Sb-]([F])([F])([F])([F])[F]. The summed E-state index contributed by atoms with van der Waals surface area (Å²) in [6.45, 7) is 14.2. The Kier molecular flexibility index (Phi) is 8.62. The van der Waals surface area contributed by atoms with E-state index in [2.05, 4.69) is 141 Å². The van der Waals surface area contributed by atoms with E-state index < -0.39 is 19.5 Å². The normalized spacial score (nSPS) is 16.0. The van der Waals surface area contributed by atoms with Crippen LogP contribution in [-0.4, -0.2) is 42.9 Å². The summed E-state index contributed by atoms with van der Waals surface area (Å²) < 4.78 is 62.1. The molecule has 43 heavy (non-hydrogen) atoms. The molecule has 1 aliphatic rings. The molecule has 0 N–H and O–H groups in total. The molecule has 0 radical (unpaired) electrons. The number of aryl methyl sites for hydroxylation is 1. The average Bonchev–Trinajstić information content (AvgIpc) is 3.14. The van der Waals surface area contributed by atoms with Gasteiger partial charge >= 0.3 is 36.4 Å². The molecule has 2 nitrogen and oxygen atoms in total. The number of fused-ring (bicyclic) bond motifs is 3. The molecule has 0 bridgehead atoms. The topological polar surface area (TPSA) is 6.25 Å². The van der Waals surface area contributed by atoms with E-state index in [-0.39, 0.29) is 5.41 Å². The molecule has 4 aromatic rings. The monoisotopic (exact) mass is 708 g/mol. The first-order chi connectivity index (χ1) is 19.9. The van der Waals surface area contributed by atoms with Crippen molar-refractivity contribution >= 4 is 53.4 Å². The molecule has 230 valence electrons. The molecule has 1 heterocycles. The molecule has 0 atom stereocenters. The number of allylic oxidation sites excluding steroid dienone is 1. The van der Waals surface area contributed by atoms with Crippen LogP contribution in [0.3, 0.4) is 0 Å². The molecule has 0 fully saturated rings. The van der Waals surface area contributed by atoms with Gasteiger partial charge in [-0.3, -0.25) is 0 Å². The van der Waals surface area contributed by atoms with Crippen molar-refractivity contribution in [2.24, 2.45) is 0 Å². The summed E-state index contributed by atoms with van der Waals surface area (Å²) in [5.74, 6) is 0. The van der Waals surface area contributed by atoms with Crippen LogP contribution in [0.2, 0.25) is 0 Å². The number of halogens is 6. The fourth-order valence-corrected chi connectivity index (χ4v) is 5.64. The van der Waals surface area contributed by atoms with Crippen molar-refractivity contribution in [2.45, 2.75) is 46.6 Å². The van der Waals surface area contributed by atoms with Crippen LogP contribution in [0.4, 0.5) is 28.3 Å². The summed E-state index contributed by atoms with van der Waals surface area (Å²) in [6, 6.07) is 31.3. The van der Waals surface area contributed by atoms with Crippen LogP contribution in [0.5, 0.6) is 0 Å². The summed E-state index contributed by atoms with van der Waals surface area (Å²) in [5.41, 5.74) is 9.09. The third-order valence-corrected chi connectivity index (χ3v) is 7.67. The van der Waals surface area contributed by atoms with Gasteiger partial charge in [0, 0.05) is 42.0 Å². The van der Waals surface area contributed by atoms with Gasteiger partial charge in [-0.1, -0.05) is 66.2 Å². The molecular formula is C34H37F6N2Sb. The standard InChI is InChI=1S/C34H37N2.6FH.Sb/c1-6-35(7-2)29-20-16-26(17-21-29)18-23-32-34(4,5)33-30-11-9-8-10-28(30)19-22-31(33)36(32)24-27-14-12-25(3)13-15-27;;;;;;;/h8-23H,6-7,24H2,1-5H3;6*1H;/q+1;;;;;;;+5/p-6.